The van der Waals surface area contributed by atoms with Crippen molar-refractivity contribution >= 4 is 19.8 Å². The molecule has 0 aromatic heterocycles. The minimum atomic E-state index is -4.06. The normalized spacial score (nSPS) is 14.1. The Morgan fingerprint density at radius 2 is 1.24 bits per heavy atom. The molecule has 0 spiro atoms. The highest BCUT2D eigenvalue weighted by Crippen LogP contribution is 2.51. The van der Waals surface area contributed by atoms with Crippen molar-refractivity contribution in [2.24, 2.45) is 10.8 Å². The minimum absolute atomic E-state index is 0.428. The van der Waals surface area contributed by atoms with Crippen LogP contribution in [0.5, 0.6) is 0 Å². The summed E-state index contributed by atoms with van der Waals surface area (Å²) in [6, 6.07) is 0. The zero-order valence-corrected chi connectivity index (χ0v) is 17.3. The van der Waals surface area contributed by atoms with E-state index in [1.165, 1.54) is 0 Å². The van der Waals surface area contributed by atoms with Crippen molar-refractivity contribution in [3.05, 3.63) is 0 Å². The molecule has 0 bridgehead atoms. The second-order valence-electron chi connectivity index (χ2n) is 7.63. The summed E-state index contributed by atoms with van der Waals surface area (Å²) in [7, 11) is -4.06. The smallest absolute Gasteiger partial charge is 0.437 e. The van der Waals surface area contributed by atoms with Crippen LogP contribution in [-0.2, 0) is 37.2 Å². The van der Waals surface area contributed by atoms with Crippen molar-refractivity contribution in [2.45, 2.75) is 67.9 Å². The molecule has 0 aromatic carbocycles. The van der Waals surface area contributed by atoms with Crippen molar-refractivity contribution in [3.8, 4) is 0 Å². The first-order valence-corrected chi connectivity index (χ1v) is 9.59. The van der Waals surface area contributed by atoms with Gasteiger partial charge in [0.25, 0.3) is 0 Å². The topological polar surface area (TPSA) is 97.4 Å². The number of hydrogen-bond acceptors (Lipinski definition) is 8. The zero-order chi connectivity index (χ0) is 19.9. The lowest BCUT2D eigenvalue weighted by molar-refractivity contribution is -0.163. The average molecular weight is 382 g/mol. The Labute approximate surface area is 150 Å². The quantitative estimate of drug-likeness (QED) is 0.335. The van der Waals surface area contributed by atoms with Gasteiger partial charge in [-0.2, -0.15) is 0 Å². The van der Waals surface area contributed by atoms with Crippen LogP contribution in [0.4, 0.5) is 0 Å². The molecule has 0 fully saturated rings. The standard InChI is InChI=1S/C16H31O8P/c1-9-12(2)24-25(19,22-10-20-13(17)15(3,4)5)23-11-21-14(18)16(6,7)8/h12H,9-11H2,1-8H3. The number of rotatable bonds is 9. The Morgan fingerprint density at radius 3 is 1.52 bits per heavy atom. The SMILES string of the molecule is CCC(C)OP(=O)(OCOC(=O)C(C)(C)C)OCOC(=O)C(C)(C)C. The van der Waals surface area contributed by atoms with Crippen molar-refractivity contribution in [3.63, 3.8) is 0 Å². The molecule has 0 saturated heterocycles. The second kappa shape index (κ2) is 9.67. The van der Waals surface area contributed by atoms with Gasteiger partial charge in [0.05, 0.1) is 16.9 Å². The fraction of sp³-hybridized carbons (Fsp3) is 0.875. The van der Waals surface area contributed by atoms with E-state index in [9.17, 15) is 14.2 Å². The molecule has 0 aliphatic carbocycles. The fourth-order valence-electron chi connectivity index (χ4n) is 1.11. The van der Waals surface area contributed by atoms with Gasteiger partial charge >= 0.3 is 19.8 Å². The van der Waals surface area contributed by atoms with Gasteiger partial charge in [0.15, 0.2) is 0 Å². The molecular weight excluding hydrogens is 351 g/mol. The fourth-order valence-corrected chi connectivity index (χ4v) is 2.26. The van der Waals surface area contributed by atoms with E-state index in [1.54, 1.807) is 48.5 Å². The summed E-state index contributed by atoms with van der Waals surface area (Å²) in [4.78, 5) is 23.4. The molecule has 0 aromatic rings. The van der Waals surface area contributed by atoms with Crippen LogP contribution < -0.4 is 0 Å². The number of phosphoric ester groups is 1. The van der Waals surface area contributed by atoms with E-state index < -0.39 is 50.3 Å². The lowest BCUT2D eigenvalue weighted by Crippen LogP contribution is -2.25. The van der Waals surface area contributed by atoms with Gasteiger partial charge in [-0.25, -0.2) is 13.6 Å². The number of carbonyl (C=O) groups excluding carboxylic acids is 2. The maximum Gasteiger partial charge on any atom is 0.480 e. The van der Waals surface area contributed by atoms with Gasteiger partial charge < -0.3 is 9.47 Å². The van der Waals surface area contributed by atoms with E-state index >= 15 is 0 Å². The third kappa shape index (κ3) is 9.94. The molecule has 0 heterocycles. The summed E-state index contributed by atoms with van der Waals surface area (Å²) >= 11 is 0. The van der Waals surface area contributed by atoms with E-state index in [4.69, 9.17) is 23.0 Å². The van der Waals surface area contributed by atoms with Crippen LogP contribution in [0.3, 0.4) is 0 Å². The van der Waals surface area contributed by atoms with E-state index in [0.717, 1.165) is 0 Å². The van der Waals surface area contributed by atoms with Gasteiger partial charge in [0.1, 0.15) is 0 Å². The van der Waals surface area contributed by atoms with E-state index in [1.807, 2.05) is 6.92 Å². The molecule has 0 N–H and O–H groups in total. The average Bonchev–Trinajstić information content (AvgIpc) is 2.44. The molecule has 0 rings (SSSR count). The number of carbonyl (C=O) groups is 2. The molecule has 0 amide bonds. The summed E-state index contributed by atoms with van der Waals surface area (Å²) < 4.78 is 37.7. The van der Waals surface area contributed by atoms with Gasteiger partial charge in [-0.05, 0) is 54.9 Å². The monoisotopic (exact) mass is 382 g/mol. The van der Waals surface area contributed by atoms with E-state index in [0.29, 0.717) is 6.42 Å². The van der Waals surface area contributed by atoms with Crippen LogP contribution in [0.2, 0.25) is 0 Å². The van der Waals surface area contributed by atoms with Gasteiger partial charge in [-0.3, -0.25) is 14.1 Å². The third-order valence-electron chi connectivity index (χ3n) is 2.91. The molecule has 0 aliphatic heterocycles. The predicted molar refractivity (Wildman–Crippen MR) is 91.4 cm³/mol. The Balaban J connectivity index is 4.71. The van der Waals surface area contributed by atoms with Gasteiger partial charge in [-0.15, -0.1) is 0 Å². The molecule has 9 heteroatoms. The van der Waals surface area contributed by atoms with E-state index in [2.05, 4.69) is 0 Å². The maximum absolute atomic E-state index is 12.6. The van der Waals surface area contributed by atoms with Crippen LogP contribution >= 0.6 is 7.82 Å². The highest BCUT2D eigenvalue weighted by molar-refractivity contribution is 7.48. The third-order valence-corrected chi connectivity index (χ3v) is 4.37. The molecule has 25 heavy (non-hydrogen) atoms. The van der Waals surface area contributed by atoms with Crippen LogP contribution in [0.25, 0.3) is 0 Å². The molecule has 0 aliphatic rings. The summed E-state index contributed by atoms with van der Waals surface area (Å²) in [5.74, 6) is -1.05. The predicted octanol–water partition coefficient (Wildman–Crippen LogP) is 4.04. The first-order chi connectivity index (χ1) is 11.2. The van der Waals surface area contributed by atoms with Crippen LogP contribution in [0, 0.1) is 10.8 Å². The molecule has 1 unspecified atom stereocenters. The Bertz CT molecular complexity index is 453. The zero-order valence-electron chi connectivity index (χ0n) is 16.4. The molecular formula is C16H31O8P. The van der Waals surface area contributed by atoms with Crippen LogP contribution in [0.15, 0.2) is 0 Å². The molecule has 148 valence electrons. The lowest BCUT2D eigenvalue weighted by atomic mass is 9.98. The molecule has 0 saturated carbocycles. The van der Waals surface area contributed by atoms with Crippen LogP contribution in [0.1, 0.15) is 61.8 Å². The number of hydrogen-bond donors (Lipinski definition) is 0. The summed E-state index contributed by atoms with van der Waals surface area (Å²) in [6.07, 6.45) is 0.128. The first kappa shape index (κ1) is 24.1. The molecule has 8 nitrogen and oxygen atoms in total. The Hall–Kier alpha value is -0.950. The van der Waals surface area contributed by atoms with Crippen molar-refractivity contribution in [1.82, 2.24) is 0 Å². The highest BCUT2D eigenvalue weighted by atomic mass is 31.2. The highest BCUT2D eigenvalue weighted by Gasteiger charge is 2.32. The largest absolute Gasteiger partial charge is 0.480 e. The Morgan fingerprint density at radius 1 is 0.880 bits per heavy atom. The van der Waals surface area contributed by atoms with Gasteiger partial charge in [0, 0.05) is 0 Å². The maximum atomic E-state index is 12.6. The van der Waals surface area contributed by atoms with Crippen molar-refractivity contribution < 1.29 is 37.2 Å². The van der Waals surface area contributed by atoms with Crippen LogP contribution in [-0.4, -0.2) is 31.6 Å². The van der Waals surface area contributed by atoms with E-state index in [-0.39, 0.29) is 0 Å². The summed E-state index contributed by atoms with van der Waals surface area (Å²) in [6.45, 7) is 12.4. The summed E-state index contributed by atoms with van der Waals surface area (Å²) in [5.41, 5.74) is -1.46. The Kier molecular flexibility index (Phi) is 9.30. The minimum Gasteiger partial charge on any atom is -0.437 e. The van der Waals surface area contributed by atoms with Crippen molar-refractivity contribution in [2.75, 3.05) is 13.6 Å². The second-order valence-corrected chi connectivity index (χ2v) is 9.25. The number of phosphoric acid groups is 1. The van der Waals surface area contributed by atoms with Gasteiger partial charge in [0.2, 0.25) is 13.6 Å². The number of esters is 2. The first-order valence-electron chi connectivity index (χ1n) is 8.13. The molecule has 0 radical (unpaired) electrons. The lowest BCUT2D eigenvalue weighted by Gasteiger charge is -2.23. The summed E-state index contributed by atoms with van der Waals surface area (Å²) in [5, 5.41) is 0. The van der Waals surface area contributed by atoms with Gasteiger partial charge in [-0.1, -0.05) is 6.92 Å². The van der Waals surface area contributed by atoms with Crippen molar-refractivity contribution in [1.29, 1.82) is 0 Å². The molecule has 1 atom stereocenters. The number of ether oxygens (including phenoxy) is 2.